The quantitative estimate of drug-likeness (QED) is 0.291. The molecule has 0 aliphatic heterocycles. The molecule has 4 aromatic carbocycles. The van der Waals surface area contributed by atoms with Crippen LogP contribution in [0.5, 0.6) is 0 Å². The second-order valence-corrected chi connectivity index (χ2v) is 7.87. The third kappa shape index (κ3) is 3.17. The Kier molecular flexibility index (Phi) is 3.66. The van der Waals surface area contributed by atoms with Crippen LogP contribution in [0.25, 0.3) is 55.4 Å². The SMILES string of the molecule is [2H]C([2H])([2H])c1ccc2c(c1)oc1c(-c3cc(-c4ccc(-c5ccccc5)cc4)ccn3)cccc12. The zero-order valence-corrected chi connectivity index (χ0v) is 17.2. The molecule has 0 saturated carbocycles. The molecule has 0 spiro atoms. The first-order valence-corrected chi connectivity index (χ1v) is 10.6. The number of hydrogen-bond donors (Lipinski definition) is 0. The number of fused-ring (bicyclic) bond motifs is 3. The number of pyridine rings is 1. The Balaban J connectivity index is 1.42. The normalized spacial score (nSPS) is 13.1. The van der Waals surface area contributed by atoms with Crippen LogP contribution in [0, 0.1) is 6.85 Å². The summed E-state index contributed by atoms with van der Waals surface area (Å²) in [5, 5.41) is 1.83. The second-order valence-electron chi connectivity index (χ2n) is 7.87. The molecule has 2 nitrogen and oxygen atoms in total. The number of para-hydroxylation sites is 1. The molecule has 0 unspecified atom stereocenters. The van der Waals surface area contributed by atoms with E-state index in [2.05, 4.69) is 47.4 Å². The molecule has 0 bridgehead atoms. The van der Waals surface area contributed by atoms with Crippen LogP contribution in [0.3, 0.4) is 0 Å². The van der Waals surface area contributed by atoms with Gasteiger partial charge in [-0.2, -0.15) is 0 Å². The average Bonchev–Trinajstić information content (AvgIpc) is 3.27. The number of nitrogens with zero attached hydrogens (tertiary/aromatic N) is 1. The number of aromatic nitrogens is 1. The van der Waals surface area contributed by atoms with Crippen LogP contribution in [0.2, 0.25) is 0 Å². The first-order chi connectivity index (χ1) is 17.0. The minimum absolute atomic E-state index is 0.268. The highest BCUT2D eigenvalue weighted by atomic mass is 16.3. The van der Waals surface area contributed by atoms with Crippen LogP contribution >= 0.6 is 0 Å². The van der Waals surface area contributed by atoms with Crippen LogP contribution in [0.1, 0.15) is 9.68 Å². The third-order valence-corrected chi connectivity index (χ3v) is 5.86. The van der Waals surface area contributed by atoms with Gasteiger partial charge >= 0.3 is 0 Å². The Labute approximate surface area is 191 Å². The summed E-state index contributed by atoms with van der Waals surface area (Å²) in [5.41, 5.74) is 7.74. The zero-order valence-electron chi connectivity index (χ0n) is 20.2. The smallest absolute Gasteiger partial charge is 0.144 e. The molecule has 0 fully saturated rings. The molecule has 152 valence electrons. The fourth-order valence-electron chi connectivity index (χ4n) is 4.24. The van der Waals surface area contributed by atoms with Crippen molar-refractivity contribution in [1.82, 2.24) is 4.98 Å². The molecule has 32 heavy (non-hydrogen) atoms. The predicted octanol–water partition coefficient (Wildman–Crippen LogP) is 8.29. The van der Waals surface area contributed by atoms with Gasteiger partial charge in [0.05, 0.1) is 5.69 Å². The molecule has 0 radical (unpaired) electrons. The minimum Gasteiger partial charge on any atom is -0.455 e. The molecule has 2 aromatic heterocycles. The lowest BCUT2D eigenvalue weighted by atomic mass is 9.99. The van der Waals surface area contributed by atoms with Gasteiger partial charge < -0.3 is 4.42 Å². The van der Waals surface area contributed by atoms with E-state index < -0.39 is 6.85 Å². The van der Waals surface area contributed by atoms with Crippen LogP contribution in [-0.2, 0) is 0 Å². The van der Waals surface area contributed by atoms with Gasteiger partial charge in [-0.3, -0.25) is 4.98 Å². The molecule has 2 heteroatoms. The maximum absolute atomic E-state index is 7.71. The van der Waals surface area contributed by atoms with Crippen molar-refractivity contribution < 1.29 is 8.53 Å². The van der Waals surface area contributed by atoms with Crippen molar-refractivity contribution in [3.8, 4) is 33.5 Å². The molecule has 0 aliphatic carbocycles. The fourth-order valence-corrected chi connectivity index (χ4v) is 4.24. The Hall–Kier alpha value is -4.17. The zero-order chi connectivity index (χ0) is 24.0. The van der Waals surface area contributed by atoms with E-state index in [9.17, 15) is 0 Å². The lowest BCUT2D eigenvalue weighted by molar-refractivity contribution is 0.669. The molecule has 0 atom stereocenters. The summed E-state index contributed by atoms with van der Waals surface area (Å²) in [7, 11) is 0. The van der Waals surface area contributed by atoms with E-state index in [0.29, 0.717) is 11.2 Å². The van der Waals surface area contributed by atoms with Crippen LogP contribution in [0.15, 0.2) is 114 Å². The number of benzene rings is 4. The van der Waals surface area contributed by atoms with E-state index in [1.165, 1.54) is 11.1 Å². The van der Waals surface area contributed by atoms with Gasteiger partial charge in [0.2, 0.25) is 0 Å². The van der Waals surface area contributed by atoms with Gasteiger partial charge in [-0.1, -0.05) is 78.9 Å². The molecule has 6 rings (SSSR count). The molecule has 0 saturated heterocycles. The summed E-state index contributed by atoms with van der Waals surface area (Å²) in [6.45, 7) is -2.18. The lowest BCUT2D eigenvalue weighted by Crippen LogP contribution is -1.86. The standard InChI is InChI=1S/C30H21NO/c1-20-10-15-25-26-8-5-9-27(30(26)32-29(25)18-20)28-19-24(16-17-31-28)23-13-11-22(12-14-23)21-6-3-2-4-7-21/h2-19H,1H3/i1D3. The third-order valence-electron chi connectivity index (χ3n) is 5.86. The van der Waals surface area contributed by atoms with Crippen molar-refractivity contribution in [3.05, 3.63) is 115 Å². The summed E-state index contributed by atoms with van der Waals surface area (Å²) < 4.78 is 29.3. The van der Waals surface area contributed by atoms with Gasteiger partial charge in [0.25, 0.3) is 0 Å². The van der Waals surface area contributed by atoms with E-state index >= 15 is 0 Å². The number of furan rings is 1. The number of rotatable bonds is 3. The summed E-state index contributed by atoms with van der Waals surface area (Å²) in [4.78, 5) is 4.63. The van der Waals surface area contributed by atoms with Gasteiger partial charge in [0, 0.05) is 26.6 Å². The summed E-state index contributed by atoms with van der Waals surface area (Å²) in [6, 6.07) is 33.9. The monoisotopic (exact) mass is 414 g/mol. The van der Waals surface area contributed by atoms with E-state index in [-0.39, 0.29) is 5.56 Å². The first-order valence-electron chi connectivity index (χ1n) is 12.1. The summed E-state index contributed by atoms with van der Waals surface area (Å²) in [5.74, 6) is 0. The molecule has 0 N–H and O–H groups in total. The Morgan fingerprint density at radius 3 is 2.25 bits per heavy atom. The highest BCUT2D eigenvalue weighted by molar-refractivity contribution is 6.09. The van der Waals surface area contributed by atoms with Gasteiger partial charge in [0.1, 0.15) is 11.2 Å². The van der Waals surface area contributed by atoms with Crippen molar-refractivity contribution >= 4 is 21.9 Å². The van der Waals surface area contributed by atoms with Gasteiger partial charge in [-0.15, -0.1) is 0 Å². The highest BCUT2D eigenvalue weighted by Gasteiger charge is 2.13. The topological polar surface area (TPSA) is 26.0 Å². The maximum atomic E-state index is 7.71. The van der Waals surface area contributed by atoms with Crippen molar-refractivity contribution in [2.75, 3.05) is 0 Å². The highest BCUT2D eigenvalue weighted by Crippen LogP contribution is 2.36. The van der Waals surface area contributed by atoms with Gasteiger partial charge in [0.15, 0.2) is 0 Å². The lowest BCUT2D eigenvalue weighted by Gasteiger charge is -2.07. The molecule has 6 aromatic rings. The van der Waals surface area contributed by atoms with Crippen molar-refractivity contribution in [2.24, 2.45) is 0 Å². The van der Waals surface area contributed by atoms with Crippen LogP contribution in [-0.4, -0.2) is 4.98 Å². The first kappa shape index (κ1) is 15.6. The van der Waals surface area contributed by atoms with E-state index in [1.54, 1.807) is 12.1 Å². The van der Waals surface area contributed by atoms with Gasteiger partial charge in [-0.25, -0.2) is 0 Å². The van der Waals surface area contributed by atoms with Crippen molar-refractivity contribution in [1.29, 1.82) is 0 Å². The Bertz CT molecular complexity index is 1670. The van der Waals surface area contributed by atoms with Crippen LogP contribution in [0.4, 0.5) is 0 Å². The predicted molar refractivity (Wildman–Crippen MR) is 133 cm³/mol. The molecular formula is C30H21NO. The van der Waals surface area contributed by atoms with Crippen molar-refractivity contribution in [2.45, 2.75) is 6.85 Å². The Morgan fingerprint density at radius 1 is 0.656 bits per heavy atom. The van der Waals surface area contributed by atoms with E-state index in [1.807, 2.05) is 54.7 Å². The molecule has 0 amide bonds. The molecule has 0 aliphatic rings. The maximum Gasteiger partial charge on any atom is 0.144 e. The van der Waals surface area contributed by atoms with Crippen LogP contribution < -0.4 is 0 Å². The fraction of sp³-hybridized carbons (Fsp3) is 0.0333. The largest absolute Gasteiger partial charge is 0.455 e. The number of aryl methyl sites for hydroxylation is 1. The van der Waals surface area contributed by atoms with Gasteiger partial charge in [-0.05, 0) is 58.9 Å². The average molecular weight is 415 g/mol. The van der Waals surface area contributed by atoms with E-state index in [0.717, 1.165) is 33.2 Å². The summed E-state index contributed by atoms with van der Waals surface area (Å²) in [6.07, 6.45) is 1.81. The minimum atomic E-state index is -2.18. The second kappa shape index (κ2) is 7.51. The number of hydrogen-bond acceptors (Lipinski definition) is 2. The molecular weight excluding hydrogens is 390 g/mol. The summed E-state index contributed by atoms with van der Waals surface area (Å²) >= 11 is 0. The van der Waals surface area contributed by atoms with Crippen molar-refractivity contribution in [3.63, 3.8) is 0 Å². The van der Waals surface area contributed by atoms with E-state index in [4.69, 9.17) is 8.53 Å². The Morgan fingerprint density at radius 2 is 1.44 bits per heavy atom. The molecule has 2 heterocycles.